The Morgan fingerprint density at radius 1 is 1.22 bits per heavy atom. The smallest absolute Gasteiger partial charge is 0.407 e. The van der Waals surface area contributed by atoms with E-state index in [1.165, 1.54) is 22.6 Å². The topological polar surface area (TPSA) is 138 Å². The number of aliphatic hydroxyl groups excluding tert-OH is 1. The van der Waals surface area contributed by atoms with Crippen molar-refractivity contribution in [1.29, 1.82) is 0 Å². The third-order valence-electron chi connectivity index (χ3n) is 5.90. The van der Waals surface area contributed by atoms with Crippen molar-refractivity contribution in [1.82, 2.24) is 19.5 Å². The lowest BCUT2D eigenvalue weighted by Crippen LogP contribution is -2.54. The lowest BCUT2D eigenvalue weighted by Gasteiger charge is -2.38. The first-order chi connectivity index (χ1) is 16.8. The molecule has 2 fully saturated rings. The summed E-state index contributed by atoms with van der Waals surface area (Å²) in [4.78, 5) is 29.7. The number of rotatable bonds is 9. The second kappa shape index (κ2) is 11.6. The molecule has 2 N–H and O–H groups in total. The van der Waals surface area contributed by atoms with E-state index in [0.29, 0.717) is 51.0 Å². The van der Waals surface area contributed by atoms with Crippen LogP contribution in [0.2, 0.25) is 0 Å². The molecule has 1 aromatic heterocycles. The van der Waals surface area contributed by atoms with Crippen LogP contribution >= 0.6 is 0 Å². The van der Waals surface area contributed by atoms with E-state index in [9.17, 15) is 23.1 Å². The van der Waals surface area contributed by atoms with E-state index >= 15 is 0 Å². The van der Waals surface area contributed by atoms with Crippen LogP contribution in [0.5, 0.6) is 5.88 Å². The Morgan fingerprint density at radius 2 is 1.89 bits per heavy atom. The monoisotopic (exact) mass is 524 g/mol. The number of amides is 2. The summed E-state index contributed by atoms with van der Waals surface area (Å²) in [6, 6.07) is 2.93. The van der Waals surface area contributed by atoms with Crippen LogP contribution in [0.4, 0.5) is 4.79 Å². The molecule has 11 nitrogen and oxygen atoms in total. The number of aromatic nitrogens is 1. The number of nitrogens with one attached hydrogen (secondary N) is 1. The summed E-state index contributed by atoms with van der Waals surface area (Å²) in [7, 11) is -3.70. The summed E-state index contributed by atoms with van der Waals surface area (Å²) in [5, 5.41) is 11.9. The molecule has 2 saturated heterocycles. The second-order valence-electron chi connectivity index (χ2n) is 10.2. The summed E-state index contributed by atoms with van der Waals surface area (Å²) in [5.41, 5.74) is -0.00634. The Kier molecular flexibility index (Phi) is 8.96. The van der Waals surface area contributed by atoms with Crippen LogP contribution in [0, 0.1) is 5.92 Å². The molecule has 3 rings (SSSR count). The molecule has 2 aliphatic rings. The zero-order valence-electron chi connectivity index (χ0n) is 21.1. The van der Waals surface area contributed by atoms with Gasteiger partial charge in [0.1, 0.15) is 17.1 Å². The van der Waals surface area contributed by atoms with Gasteiger partial charge in [-0.3, -0.25) is 4.79 Å². The maximum absolute atomic E-state index is 13.0. The summed E-state index contributed by atoms with van der Waals surface area (Å²) >= 11 is 0. The predicted molar refractivity (Wildman–Crippen MR) is 132 cm³/mol. The number of pyridine rings is 1. The van der Waals surface area contributed by atoms with Gasteiger partial charge in [-0.05, 0) is 51.2 Å². The molecule has 0 aromatic carbocycles. The van der Waals surface area contributed by atoms with E-state index in [2.05, 4.69) is 16.9 Å². The minimum Gasteiger partial charge on any atom is -0.473 e. The average molecular weight is 525 g/mol. The number of piperidine rings is 1. The Morgan fingerprint density at radius 3 is 2.44 bits per heavy atom. The molecule has 3 heterocycles. The van der Waals surface area contributed by atoms with Gasteiger partial charge in [-0.2, -0.15) is 4.31 Å². The molecule has 2 aliphatic heterocycles. The summed E-state index contributed by atoms with van der Waals surface area (Å²) in [6.07, 6.45) is 1.88. The van der Waals surface area contributed by atoms with Crippen LogP contribution in [-0.4, -0.2) is 90.7 Å². The van der Waals surface area contributed by atoms with Crippen LogP contribution in [0.25, 0.3) is 0 Å². The van der Waals surface area contributed by atoms with Gasteiger partial charge in [0.05, 0.1) is 12.3 Å². The maximum Gasteiger partial charge on any atom is 0.407 e. The highest BCUT2D eigenvalue weighted by molar-refractivity contribution is 7.89. The third-order valence-corrected chi connectivity index (χ3v) is 7.79. The first-order valence-corrected chi connectivity index (χ1v) is 13.5. The molecule has 0 bridgehead atoms. The zero-order chi connectivity index (χ0) is 26.5. The zero-order valence-corrected chi connectivity index (χ0v) is 21.9. The van der Waals surface area contributed by atoms with E-state index in [-0.39, 0.29) is 35.8 Å². The minimum absolute atomic E-state index is 0.0182. The van der Waals surface area contributed by atoms with Crippen LogP contribution < -0.4 is 10.1 Å². The molecule has 0 aliphatic carbocycles. The fourth-order valence-electron chi connectivity index (χ4n) is 3.88. The van der Waals surface area contributed by atoms with Gasteiger partial charge in [0.25, 0.3) is 0 Å². The van der Waals surface area contributed by atoms with Gasteiger partial charge < -0.3 is 24.8 Å². The summed E-state index contributed by atoms with van der Waals surface area (Å²) in [5.74, 6) is 0.388. The van der Waals surface area contributed by atoms with Gasteiger partial charge >= 0.3 is 6.09 Å². The Balaban J connectivity index is 1.42. The number of carbonyl (C=O) groups excluding carboxylic acids is 2. The van der Waals surface area contributed by atoms with E-state index < -0.39 is 27.8 Å². The van der Waals surface area contributed by atoms with Crippen molar-refractivity contribution in [2.75, 3.05) is 39.3 Å². The van der Waals surface area contributed by atoms with Crippen molar-refractivity contribution < 1.29 is 32.6 Å². The Hall–Kier alpha value is -2.70. The van der Waals surface area contributed by atoms with Crippen LogP contribution in [0.15, 0.2) is 35.4 Å². The lowest BCUT2D eigenvalue weighted by molar-refractivity contribution is -0.142. The molecule has 12 heteroatoms. The van der Waals surface area contributed by atoms with Gasteiger partial charge in [0.2, 0.25) is 21.8 Å². The molecule has 0 atom stereocenters. The molecule has 200 valence electrons. The molecular formula is C24H36N4O7S. The third kappa shape index (κ3) is 7.90. The number of likely N-dealkylation sites (tertiary alicyclic amines) is 1. The average Bonchev–Trinajstić information content (AvgIpc) is 2.79. The predicted octanol–water partition coefficient (Wildman–Crippen LogP) is 1.54. The van der Waals surface area contributed by atoms with Crippen LogP contribution in [0.3, 0.4) is 0 Å². The van der Waals surface area contributed by atoms with Gasteiger partial charge in [-0.25, -0.2) is 18.2 Å². The highest BCUT2D eigenvalue weighted by Crippen LogP contribution is 2.27. The van der Waals surface area contributed by atoms with Crippen LogP contribution in [0.1, 0.15) is 40.0 Å². The number of nitrogens with zero attached hydrogens (tertiary/aromatic N) is 3. The normalized spacial score (nSPS) is 17.8. The Bertz CT molecular complexity index is 1040. The van der Waals surface area contributed by atoms with Crippen molar-refractivity contribution in [3.8, 4) is 5.88 Å². The number of aliphatic hydroxyl groups is 1. The molecule has 0 radical (unpaired) electrons. The lowest BCUT2D eigenvalue weighted by atomic mass is 9.93. The number of carbonyl (C=O) groups is 2. The number of sulfonamides is 1. The van der Waals surface area contributed by atoms with Crippen molar-refractivity contribution >= 4 is 22.0 Å². The number of ether oxygens (including phenoxy) is 2. The number of hydrogen-bond acceptors (Lipinski definition) is 8. The Labute approximate surface area is 212 Å². The van der Waals surface area contributed by atoms with E-state index in [0.717, 1.165) is 0 Å². The van der Waals surface area contributed by atoms with Crippen molar-refractivity contribution in [3.05, 3.63) is 30.5 Å². The largest absolute Gasteiger partial charge is 0.473 e. The molecule has 2 amide bonds. The van der Waals surface area contributed by atoms with Crippen molar-refractivity contribution in [3.63, 3.8) is 0 Å². The van der Waals surface area contributed by atoms with Gasteiger partial charge in [-0.1, -0.05) is 6.58 Å². The van der Waals surface area contributed by atoms with E-state index in [1.807, 2.05) is 0 Å². The first-order valence-electron chi connectivity index (χ1n) is 12.0. The van der Waals surface area contributed by atoms with Crippen molar-refractivity contribution in [2.24, 2.45) is 5.92 Å². The van der Waals surface area contributed by atoms with E-state index in [4.69, 9.17) is 9.47 Å². The molecule has 1 aromatic rings. The van der Waals surface area contributed by atoms with Crippen molar-refractivity contribution in [2.45, 2.75) is 56.6 Å². The molecule has 36 heavy (non-hydrogen) atoms. The molecule has 0 unspecified atom stereocenters. The van der Waals surface area contributed by atoms with Gasteiger partial charge in [0.15, 0.2) is 0 Å². The highest BCUT2D eigenvalue weighted by Gasteiger charge is 2.33. The molecule has 0 spiro atoms. The molecule has 0 saturated carbocycles. The van der Waals surface area contributed by atoms with Crippen LogP contribution in [-0.2, 0) is 19.6 Å². The van der Waals surface area contributed by atoms with Gasteiger partial charge in [0, 0.05) is 45.2 Å². The fraction of sp³-hybridized carbons (Fsp3) is 0.625. The standard InChI is InChI=1S/C24H36N4O7S/c1-17(12-26-23(31)35-24(2,3)4)16-34-21-6-5-20(13-25-21)36(32,33)28-9-7-18(8-10-28)11-22(30)27-14-19(29)15-27/h5-6,13,18-19,29H,1,7-12,14-16H2,2-4H3,(H,26,31). The molecular weight excluding hydrogens is 488 g/mol. The quantitative estimate of drug-likeness (QED) is 0.464. The first kappa shape index (κ1) is 27.9. The summed E-state index contributed by atoms with van der Waals surface area (Å²) in [6.45, 7) is 10.9. The highest BCUT2D eigenvalue weighted by atomic mass is 32.2. The maximum atomic E-state index is 13.0. The number of β-amino-alcohol motifs (C(OH)–C–C–N with tert-alkyl or cyclic N) is 1. The number of hydrogen-bond donors (Lipinski definition) is 2. The number of alkyl carbamates (subject to hydrolysis) is 1. The minimum atomic E-state index is -3.70. The SMILES string of the molecule is C=C(CNC(=O)OC(C)(C)C)COc1ccc(S(=O)(=O)N2CCC(CC(=O)N3CC(O)C3)CC2)cn1. The summed E-state index contributed by atoms with van der Waals surface area (Å²) < 4.78 is 38.2. The van der Waals surface area contributed by atoms with E-state index in [1.54, 1.807) is 25.7 Å². The van der Waals surface area contributed by atoms with Gasteiger partial charge in [-0.15, -0.1) is 0 Å². The second-order valence-corrected chi connectivity index (χ2v) is 12.2. The fourth-order valence-corrected chi connectivity index (χ4v) is 5.30.